The molecule has 0 saturated heterocycles. The van der Waals surface area contributed by atoms with Crippen LogP contribution in [0, 0.1) is 11.9 Å². The fourth-order valence-corrected chi connectivity index (χ4v) is 1.21. The number of aliphatic hydroxyl groups excluding tert-OH is 2. The van der Waals surface area contributed by atoms with Gasteiger partial charge in [-0.15, -0.1) is 0 Å². The van der Waals surface area contributed by atoms with Gasteiger partial charge in [0, 0.05) is 19.0 Å². The van der Waals surface area contributed by atoms with Crippen LogP contribution in [0.25, 0.3) is 0 Å². The van der Waals surface area contributed by atoms with E-state index in [4.69, 9.17) is 0 Å². The van der Waals surface area contributed by atoms with Crippen LogP contribution in [0.3, 0.4) is 0 Å². The lowest BCUT2D eigenvalue weighted by atomic mass is 10.1. The van der Waals surface area contributed by atoms with Gasteiger partial charge >= 0.3 is 0 Å². The summed E-state index contributed by atoms with van der Waals surface area (Å²) in [5.74, 6) is -2.61. The van der Waals surface area contributed by atoms with Gasteiger partial charge in [-0.25, -0.2) is 0 Å². The summed E-state index contributed by atoms with van der Waals surface area (Å²) in [6.07, 6.45) is -2.99. The molecule has 2 atom stereocenters. The van der Waals surface area contributed by atoms with Crippen molar-refractivity contribution in [1.29, 1.82) is 0 Å². The Hall–Kier alpha value is -1.60. The van der Waals surface area contributed by atoms with Crippen LogP contribution in [0.5, 0.6) is 0 Å². The molecule has 0 fully saturated rings. The first kappa shape index (κ1) is 13.5. The van der Waals surface area contributed by atoms with Gasteiger partial charge in [-0.1, -0.05) is 0 Å². The summed E-state index contributed by atoms with van der Waals surface area (Å²) in [6, 6.07) is 1.85. The van der Waals surface area contributed by atoms with Gasteiger partial charge in [0.25, 0.3) is 0 Å². The summed E-state index contributed by atoms with van der Waals surface area (Å²) < 4.78 is 25.7. The fraction of sp³-hybridized carbons (Fsp3) is 0.400. The number of nitrogens with one attached hydrogen (secondary N) is 1. The van der Waals surface area contributed by atoms with Crippen LogP contribution in [-0.4, -0.2) is 33.8 Å². The van der Waals surface area contributed by atoms with E-state index in [1.807, 2.05) is 0 Å². The van der Waals surface area contributed by atoms with E-state index in [2.05, 4.69) is 10.3 Å². The Morgan fingerprint density at radius 1 is 1.47 bits per heavy atom. The van der Waals surface area contributed by atoms with Crippen LogP contribution in [0.15, 0.2) is 12.1 Å². The molecule has 3 N–H and O–H groups in total. The van der Waals surface area contributed by atoms with Gasteiger partial charge < -0.3 is 15.5 Å². The van der Waals surface area contributed by atoms with Crippen molar-refractivity contribution in [1.82, 2.24) is 10.3 Å². The third kappa shape index (κ3) is 3.72. The predicted octanol–water partition coefficient (Wildman–Crippen LogP) is -0.110. The van der Waals surface area contributed by atoms with Crippen LogP contribution < -0.4 is 5.32 Å². The van der Waals surface area contributed by atoms with E-state index in [1.165, 1.54) is 6.92 Å². The van der Waals surface area contributed by atoms with Crippen LogP contribution in [0.1, 0.15) is 18.6 Å². The normalized spacial score (nSPS) is 14.2. The molecule has 1 heterocycles. The smallest absolute Gasteiger partial charge is 0.221 e. The zero-order chi connectivity index (χ0) is 13.0. The molecule has 0 aliphatic heterocycles. The van der Waals surface area contributed by atoms with Crippen molar-refractivity contribution in [2.24, 2.45) is 0 Å². The number of nitrogens with zero attached hydrogens (tertiary/aromatic N) is 1. The highest BCUT2D eigenvalue weighted by atomic mass is 19.1. The van der Waals surface area contributed by atoms with Crippen molar-refractivity contribution in [3.63, 3.8) is 0 Å². The minimum absolute atomic E-state index is 0.243. The highest BCUT2D eigenvalue weighted by Gasteiger charge is 2.22. The molecule has 0 aliphatic rings. The molecule has 1 aromatic heterocycles. The minimum atomic E-state index is -1.59. The van der Waals surface area contributed by atoms with Gasteiger partial charge in [-0.3, -0.25) is 4.79 Å². The number of carbonyl (C=O) groups is 1. The van der Waals surface area contributed by atoms with Crippen LogP contribution in [-0.2, 0) is 4.79 Å². The van der Waals surface area contributed by atoms with Crippen LogP contribution >= 0.6 is 0 Å². The summed E-state index contributed by atoms with van der Waals surface area (Å²) in [5, 5.41) is 21.3. The molecule has 0 spiro atoms. The van der Waals surface area contributed by atoms with Crippen molar-refractivity contribution >= 4 is 5.91 Å². The van der Waals surface area contributed by atoms with Crippen LogP contribution in [0.2, 0.25) is 0 Å². The van der Waals surface area contributed by atoms with Gasteiger partial charge in [-0.2, -0.15) is 13.8 Å². The molecule has 0 radical (unpaired) electrons. The Morgan fingerprint density at radius 2 is 2.12 bits per heavy atom. The lowest BCUT2D eigenvalue weighted by Crippen LogP contribution is -2.34. The number of rotatable bonds is 4. The van der Waals surface area contributed by atoms with Gasteiger partial charge in [0.1, 0.15) is 12.2 Å². The molecule has 94 valence electrons. The Labute approximate surface area is 96.1 Å². The van der Waals surface area contributed by atoms with Crippen LogP contribution in [0.4, 0.5) is 8.78 Å². The molecule has 0 aliphatic carbocycles. The number of hydrogen-bond acceptors (Lipinski definition) is 4. The lowest BCUT2D eigenvalue weighted by Gasteiger charge is -2.18. The topological polar surface area (TPSA) is 82.5 Å². The third-order valence-electron chi connectivity index (χ3n) is 2.09. The predicted molar refractivity (Wildman–Crippen MR) is 53.8 cm³/mol. The third-order valence-corrected chi connectivity index (χ3v) is 2.09. The second kappa shape index (κ2) is 5.65. The lowest BCUT2D eigenvalue weighted by molar-refractivity contribution is -0.119. The monoisotopic (exact) mass is 246 g/mol. The summed E-state index contributed by atoms with van der Waals surface area (Å²) >= 11 is 0. The number of halogens is 2. The summed E-state index contributed by atoms with van der Waals surface area (Å²) in [7, 11) is 0. The largest absolute Gasteiger partial charge is 0.388 e. The molecule has 2 unspecified atom stereocenters. The summed E-state index contributed by atoms with van der Waals surface area (Å²) in [6.45, 7) is 0.993. The average molecular weight is 246 g/mol. The molecule has 1 aromatic rings. The quantitative estimate of drug-likeness (QED) is 0.647. The zero-order valence-electron chi connectivity index (χ0n) is 9.02. The van der Waals surface area contributed by atoms with E-state index in [9.17, 15) is 23.8 Å². The van der Waals surface area contributed by atoms with E-state index in [-0.39, 0.29) is 12.1 Å². The summed E-state index contributed by atoms with van der Waals surface area (Å²) in [4.78, 5) is 13.5. The standard InChI is InChI=1S/C10H12F2N2O3/c1-5(15)13-4-7(16)9(17)6-2-3-8(11)14-10(6)12/h2-3,7,9,16-17H,4H2,1H3,(H,13,15). The van der Waals surface area contributed by atoms with E-state index >= 15 is 0 Å². The molecular weight excluding hydrogens is 234 g/mol. The van der Waals surface area contributed by atoms with Gasteiger partial charge in [0.05, 0.1) is 0 Å². The van der Waals surface area contributed by atoms with Gasteiger partial charge in [0.2, 0.25) is 17.8 Å². The second-order valence-electron chi connectivity index (χ2n) is 3.46. The maximum atomic E-state index is 13.2. The minimum Gasteiger partial charge on any atom is -0.388 e. The first-order valence-corrected chi connectivity index (χ1v) is 4.84. The Kier molecular flexibility index (Phi) is 4.47. The zero-order valence-corrected chi connectivity index (χ0v) is 9.02. The molecule has 17 heavy (non-hydrogen) atoms. The SMILES string of the molecule is CC(=O)NCC(O)C(O)c1ccc(F)nc1F. The maximum Gasteiger partial charge on any atom is 0.221 e. The number of aromatic nitrogens is 1. The van der Waals surface area contributed by atoms with E-state index in [1.54, 1.807) is 0 Å². The second-order valence-corrected chi connectivity index (χ2v) is 3.46. The number of amides is 1. The Morgan fingerprint density at radius 3 is 2.65 bits per heavy atom. The molecule has 7 heteroatoms. The molecule has 0 aromatic carbocycles. The highest BCUT2D eigenvalue weighted by Crippen LogP contribution is 2.18. The van der Waals surface area contributed by atoms with E-state index in [0.29, 0.717) is 0 Å². The van der Waals surface area contributed by atoms with Crippen molar-refractivity contribution < 1.29 is 23.8 Å². The number of hydrogen-bond donors (Lipinski definition) is 3. The van der Waals surface area contributed by atoms with Crippen molar-refractivity contribution in [2.45, 2.75) is 19.1 Å². The van der Waals surface area contributed by atoms with E-state index in [0.717, 1.165) is 12.1 Å². The van der Waals surface area contributed by atoms with Gasteiger partial charge in [0.15, 0.2) is 0 Å². The molecule has 1 rings (SSSR count). The average Bonchev–Trinajstić information content (AvgIpc) is 2.25. The first-order chi connectivity index (χ1) is 7.91. The van der Waals surface area contributed by atoms with Crippen molar-refractivity contribution in [2.75, 3.05) is 6.54 Å². The maximum absolute atomic E-state index is 13.2. The van der Waals surface area contributed by atoms with Crippen molar-refractivity contribution in [3.05, 3.63) is 29.6 Å². The Bertz CT molecular complexity index is 415. The molecule has 0 bridgehead atoms. The molecule has 5 nitrogen and oxygen atoms in total. The molecule has 0 saturated carbocycles. The fourth-order valence-electron chi connectivity index (χ4n) is 1.21. The van der Waals surface area contributed by atoms with E-state index < -0.39 is 30.0 Å². The van der Waals surface area contributed by atoms with Crippen molar-refractivity contribution in [3.8, 4) is 0 Å². The summed E-state index contributed by atoms with van der Waals surface area (Å²) in [5.41, 5.74) is -0.329. The molecule has 1 amide bonds. The number of pyridine rings is 1. The first-order valence-electron chi connectivity index (χ1n) is 4.84. The van der Waals surface area contributed by atoms with Gasteiger partial charge in [-0.05, 0) is 12.1 Å². The number of aliphatic hydroxyl groups is 2. The highest BCUT2D eigenvalue weighted by molar-refractivity contribution is 5.72. The Balaban J connectivity index is 2.74. The molecular formula is C10H12F2N2O3. The number of carbonyl (C=O) groups excluding carboxylic acids is 1.